The van der Waals surface area contributed by atoms with Crippen molar-refractivity contribution in [1.29, 1.82) is 0 Å². The Bertz CT molecular complexity index is 955. The van der Waals surface area contributed by atoms with Gasteiger partial charge in [-0.25, -0.2) is 0 Å². The predicted molar refractivity (Wildman–Crippen MR) is 118 cm³/mol. The number of fused-ring (bicyclic) bond motifs is 1. The molecule has 1 aliphatic rings. The Kier molecular flexibility index (Phi) is 6.63. The van der Waals surface area contributed by atoms with Gasteiger partial charge in [0.15, 0.2) is 12.6 Å². The number of hydrogen-bond acceptors (Lipinski definition) is 5. The van der Waals surface area contributed by atoms with Crippen LogP contribution in [-0.4, -0.2) is 31.4 Å². The number of hydrogen-bond donors (Lipinski definition) is 0. The van der Waals surface area contributed by atoms with Crippen LogP contribution in [0.15, 0.2) is 48.6 Å². The number of carbonyl (C=O) groups excluding carboxylic acids is 1. The summed E-state index contributed by atoms with van der Waals surface area (Å²) in [5.74, 6) is 1.21. The predicted octanol–water partition coefficient (Wildman–Crippen LogP) is 5.54. The first-order valence-corrected chi connectivity index (χ1v) is 9.96. The number of rotatable bonds is 8. The summed E-state index contributed by atoms with van der Waals surface area (Å²) in [6, 6.07) is 11.4. The Balaban J connectivity index is 2.12. The molecule has 0 unspecified atom stereocenters. The van der Waals surface area contributed by atoms with Crippen LogP contribution in [0.3, 0.4) is 0 Å². The van der Waals surface area contributed by atoms with Crippen LogP contribution in [0.1, 0.15) is 49.2 Å². The van der Waals surface area contributed by atoms with E-state index in [9.17, 15) is 4.79 Å². The third-order valence-electron chi connectivity index (χ3n) is 4.43. The highest BCUT2D eigenvalue weighted by Crippen LogP contribution is 2.45. The van der Waals surface area contributed by atoms with E-state index in [2.05, 4.69) is 0 Å². The minimum absolute atomic E-state index is 0.0754. The molecular weight excluding hydrogens is 380 g/mol. The highest BCUT2D eigenvalue weighted by molar-refractivity contribution is 6.11. The number of benzene rings is 2. The lowest BCUT2D eigenvalue weighted by atomic mass is 9.96. The first-order chi connectivity index (χ1) is 14.3. The highest BCUT2D eigenvalue weighted by Gasteiger charge is 2.31. The van der Waals surface area contributed by atoms with Crippen LogP contribution in [0.4, 0.5) is 0 Å². The number of ketones is 1. The average Bonchev–Trinajstić information content (AvgIpc) is 2.69. The molecule has 2 aromatic rings. The molecule has 0 radical (unpaired) electrons. The van der Waals surface area contributed by atoms with Gasteiger partial charge in [0.2, 0.25) is 0 Å². The molecule has 3 rings (SSSR count). The Morgan fingerprint density at radius 1 is 1.17 bits per heavy atom. The number of ether oxygens (including phenoxy) is 4. The van der Waals surface area contributed by atoms with Crippen LogP contribution in [0.5, 0.6) is 17.2 Å². The van der Waals surface area contributed by atoms with Crippen molar-refractivity contribution in [3.63, 3.8) is 0 Å². The van der Waals surface area contributed by atoms with Crippen LogP contribution in [0, 0.1) is 0 Å². The first-order valence-electron chi connectivity index (χ1n) is 9.96. The lowest BCUT2D eigenvalue weighted by Gasteiger charge is -2.31. The second-order valence-electron chi connectivity index (χ2n) is 7.86. The van der Waals surface area contributed by atoms with Crippen LogP contribution in [0.2, 0.25) is 0 Å². The largest absolute Gasteiger partial charge is 0.490 e. The first kappa shape index (κ1) is 21.7. The molecule has 2 aromatic carbocycles. The molecule has 30 heavy (non-hydrogen) atoms. The molecular formula is C25H28O5. The second kappa shape index (κ2) is 9.18. The van der Waals surface area contributed by atoms with E-state index in [0.29, 0.717) is 28.4 Å². The molecule has 0 atom stereocenters. The summed E-state index contributed by atoms with van der Waals surface area (Å²) < 4.78 is 23.0. The van der Waals surface area contributed by atoms with E-state index < -0.39 is 5.60 Å². The zero-order chi connectivity index (χ0) is 21.7. The Morgan fingerprint density at radius 2 is 1.90 bits per heavy atom. The van der Waals surface area contributed by atoms with Crippen molar-refractivity contribution >= 4 is 17.9 Å². The van der Waals surface area contributed by atoms with Crippen molar-refractivity contribution in [2.75, 3.05) is 13.9 Å². The van der Waals surface area contributed by atoms with Crippen LogP contribution in [-0.2, 0) is 4.74 Å². The molecule has 0 saturated carbocycles. The zero-order valence-electron chi connectivity index (χ0n) is 18.1. The molecule has 0 amide bonds. The third kappa shape index (κ3) is 5.10. The molecule has 1 heterocycles. The van der Waals surface area contributed by atoms with E-state index >= 15 is 0 Å². The van der Waals surface area contributed by atoms with Gasteiger partial charge >= 0.3 is 0 Å². The topological polar surface area (TPSA) is 54.0 Å². The average molecular weight is 408 g/mol. The molecule has 0 bridgehead atoms. The summed E-state index contributed by atoms with van der Waals surface area (Å²) in [6.07, 6.45) is 7.05. The van der Waals surface area contributed by atoms with Crippen molar-refractivity contribution in [3.8, 4) is 17.2 Å². The molecule has 0 aliphatic carbocycles. The summed E-state index contributed by atoms with van der Waals surface area (Å²) in [7, 11) is 1.56. The fraction of sp³-hybridized carbons (Fsp3) is 0.320. The van der Waals surface area contributed by atoms with E-state index in [1.165, 1.54) is 0 Å². The van der Waals surface area contributed by atoms with Gasteiger partial charge in [-0.1, -0.05) is 36.4 Å². The van der Waals surface area contributed by atoms with Gasteiger partial charge in [0.05, 0.1) is 11.7 Å². The summed E-state index contributed by atoms with van der Waals surface area (Å²) in [6.45, 7) is 7.77. The van der Waals surface area contributed by atoms with Gasteiger partial charge in [0, 0.05) is 13.2 Å². The smallest absolute Gasteiger partial charge is 0.193 e. The molecule has 158 valence electrons. The normalized spacial score (nSPS) is 14.5. The van der Waals surface area contributed by atoms with Gasteiger partial charge in [-0.3, -0.25) is 4.79 Å². The van der Waals surface area contributed by atoms with E-state index in [-0.39, 0.29) is 18.7 Å². The Hall–Kier alpha value is -3.05. The summed E-state index contributed by atoms with van der Waals surface area (Å²) in [5, 5.41) is 0. The van der Waals surface area contributed by atoms with E-state index in [1.807, 2.05) is 70.2 Å². The van der Waals surface area contributed by atoms with Crippen molar-refractivity contribution in [3.05, 3.63) is 65.2 Å². The number of allylic oxidation sites excluding steroid dienone is 1. The highest BCUT2D eigenvalue weighted by atomic mass is 16.7. The van der Waals surface area contributed by atoms with Gasteiger partial charge in [-0.05, 0) is 51.5 Å². The summed E-state index contributed by atoms with van der Waals surface area (Å²) in [4.78, 5) is 13.3. The van der Waals surface area contributed by atoms with Crippen molar-refractivity contribution in [2.24, 2.45) is 0 Å². The maximum absolute atomic E-state index is 13.3. The second-order valence-corrected chi connectivity index (χ2v) is 7.86. The maximum atomic E-state index is 13.3. The molecule has 0 fully saturated rings. The fourth-order valence-electron chi connectivity index (χ4n) is 3.11. The molecule has 0 saturated heterocycles. The van der Waals surface area contributed by atoms with Crippen LogP contribution >= 0.6 is 0 Å². The van der Waals surface area contributed by atoms with Gasteiger partial charge in [0.1, 0.15) is 28.4 Å². The maximum Gasteiger partial charge on any atom is 0.193 e. The monoisotopic (exact) mass is 408 g/mol. The zero-order valence-corrected chi connectivity index (χ0v) is 18.1. The van der Waals surface area contributed by atoms with Gasteiger partial charge < -0.3 is 18.9 Å². The molecule has 5 nitrogen and oxygen atoms in total. The van der Waals surface area contributed by atoms with E-state index in [0.717, 1.165) is 5.56 Å². The molecule has 0 aromatic heterocycles. The van der Waals surface area contributed by atoms with Gasteiger partial charge in [0.25, 0.3) is 0 Å². The number of methoxy groups -OCH3 is 1. The minimum Gasteiger partial charge on any atom is -0.490 e. The quantitative estimate of drug-likeness (QED) is 0.326. The van der Waals surface area contributed by atoms with Gasteiger partial charge in [-0.15, -0.1) is 0 Å². The van der Waals surface area contributed by atoms with Crippen molar-refractivity contribution in [2.45, 2.75) is 39.4 Å². The summed E-state index contributed by atoms with van der Waals surface area (Å²) in [5.41, 5.74) is 1.44. The molecule has 0 spiro atoms. The minimum atomic E-state index is -0.569. The van der Waals surface area contributed by atoms with Crippen molar-refractivity contribution < 1.29 is 23.7 Å². The molecule has 5 heteroatoms. The van der Waals surface area contributed by atoms with Crippen molar-refractivity contribution in [1.82, 2.24) is 0 Å². The van der Waals surface area contributed by atoms with Crippen LogP contribution in [0.25, 0.3) is 12.2 Å². The lowest BCUT2D eigenvalue weighted by molar-refractivity contribution is 0.0500. The standard InChI is InChI=1S/C25H28O5/c1-17(2)29-22-15-21(28-16-27-5)19-13-14-25(3,4)30-24(19)23(22)20(26)12-11-18-9-7-6-8-10-18/h6-15,17H,16H2,1-5H3/b12-11+. The Labute approximate surface area is 177 Å². The third-order valence-corrected chi connectivity index (χ3v) is 4.43. The van der Waals surface area contributed by atoms with E-state index in [4.69, 9.17) is 18.9 Å². The molecule has 0 N–H and O–H groups in total. The van der Waals surface area contributed by atoms with Crippen LogP contribution < -0.4 is 14.2 Å². The fourth-order valence-corrected chi connectivity index (χ4v) is 3.11. The SMILES string of the molecule is COCOc1cc(OC(C)C)c(C(=O)/C=C/c2ccccc2)c2c1C=CC(C)(C)O2. The lowest BCUT2D eigenvalue weighted by Crippen LogP contribution is -2.29. The molecule has 1 aliphatic heterocycles. The Morgan fingerprint density at radius 3 is 2.57 bits per heavy atom. The summed E-state index contributed by atoms with van der Waals surface area (Å²) >= 11 is 0. The van der Waals surface area contributed by atoms with Gasteiger partial charge in [-0.2, -0.15) is 0 Å². The van der Waals surface area contributed by atoms with E-state index in [1.54, 1.807) is 25.3 Å². The number of carbonyl (C=O) groups is 1.